The van der Waals surface area contributed by atoms with Crippen molar-refractivity contribution in [3.05, 3.63) is 69.8 Å². The van der Waals surface area contributed by atoms with Crippen LogP contribution < -0.4 is 0 Å². The van der Waals surface area contributed by atoms with Crippen molar-refractivity contribution in [2.45, 2.75) is 31.6 Å². The minimum Gasteiger partial charge on any atom is -0.266 e. The van der Waals surface area contributed by atoms with Crippen molar-refractivity contribution in [1.82, 2.24) is 10.1 Å². The summed E-state index contributed by atoms with van der Waals surface area (Å²) < 4.78 is 144. The molecular weight excluding hydrogens is 642 g/mol. The van der Waals surface area contributed by atoms with Gasteiger partial charge < -0.3 is 0 Å². The zero-order chi connectivity index (χ0) is 32.5. The van der Waals surface area contributed by atoms with Crippen molar-refractivity contribution in [3.8, 4) is 0 Å². The zero-order valence-corrected chi connectivity index (χ0v) is 23.1. The number of halogens is 6. The van der Waals surface area contributed by atoms with Crippen LogP contribution in [-0.2, 0) is 34.2 Å². The SMILES string of the molecule is CCS(=O)(=O)ON1C(=O)c2ccc(C(c3ccc4c(c3)C(=O)N(OS(=O)(=O)CC)C4=O)(C(F)(F)F)C(F)(F)F)cc2C1=O. The number of amides is 4. The molecule has 0 saturated carbocycles. The van der Waals surface area contributed by atoms with Gasteiger partial charge in [0.2, 0.25) is 5.41 Å². The van der Waals surface area contributed by atoms with Crippen LogP contribution in [0, 0.1) is 0 Å². The Labute approximate surface area is 237 Å². The molecule has 0 aliphatic carbocycles. The van der Waals surface area contributed by atoms with Crippen molar-refractivity contribution in [2.75, 3.05) is 11.5 Å². The van der Waals surface area contributed by atoms with E-state index in [2.05, 4.69) is 8.57 Å². The van der Waals surface area contributed by atoms with E-state index < -0.39 is 107 Å². The van der Waals surface area contributed by atoms with Crippen molar-refractivity contribution in [2.24, 2.45) is 0 Å². The van der Waals surface area contributed by atoms with Gasteiger partial charge in [0, 0.05) is 0 Å². The number of nitrogens with zero attached hydrogens (tertiary/aromatic N) is 2. The van der Waals surface area contributed by atoms with Gasteiger partial charge in [-0.2, -0.15) is 43.2 Å². The lowest BCUT2D eigenvalue weighted by molar-refractivity contribution is -0.288. The Morgan fingerprint density at radius 3 is 1.16 bits per heavy atom. The van der Waals surface area contributed by atoms with E-state index in [1.807, 2.05) is 0 Å². The molecule has 20 heteroatoms. The van der Waals surface area contributed by atoms with Crippen LogP contribution >= 0.6 is 0 Å². The smallest absolute Gasteiger partial charge is 0.266 e. The Morgan fingerprint density at radius 2 is 0.884 bits per heavy atom. The van der Waals surface area contributed by atoms with Crippen LogP contribution in [0.5, 0.6) is 0 Å². The van der Waals surface area contributed by atoms with Gasteiger partial charge in [-0.3, -0.25) is 19.2 Å². The van der Waals surface area contributed by atoms with Crippen molar-refractivity contribution < 1.29 is 70.9 Å². The summed E-state index contributed by atoms with van der Waals surface area (Å²) in [5.41, 5.74) is -12.0. The summed E-state index contributed by atoms with van der Waals surface area (Å²) in [4.78, 5) is 50.5. The van der Waals surface area contributed by atoms with E-state index in [0.717, 1.165) is 13.8 Å². The highest BCUT2D eigenvalue weighted by Crippen LogP contribution is 2.57. The van der Waals surface area contributed by atoms with E-state index in [0.29, 0.717) is 12.1 Å². The highest BCUT2D eigenvalue weighted by molar-refractivity contribution is 7.86. The summed E-state index contributed by atoms with van der Waals surface area (Å²) in [6.07, 6.45) is -12.5. The molecule has 0 saturated heterocycles. The van der Waals surface area contributed by atoms with Gasteiger partial charge in [0.05, 0.1) is 33.8 Å². The molecule has 0 fully saturated rings. The van der Waals surface area contributed by atoms with E-state index >= 15 is 0 Å². The molecule has 2 aliphatic heterocycles. The van der Waals surface area contributed by atoms with Gasteiger partial charge >= 0.3 is 12.4 Å². The lowest BCUT2D eigenvalue weighted by Crippen LogP contribution is -2.55. The summed E-state index contributed by atoms with van der Waals surface area (Å²) >= 11 is 0. The van der Waals surface area contributed by atoms with Crippen molar-refractivity contribution >= 4 is 43.9 Å². The number of hydrogen-bond acceptors (Lipinski definition) is 10. The summed E-state index contributed by atoms with van der Waals surface area (Å²) in [6, 6.07) is 1.50. The summed E-state index contributed by atoms with van der Waals surface area (Å²) in [6.45, 7) is 2.13. The first-order chi connectivity index (χ1) is 19.6. The molecule has 0 unspecified atom stereocenters. The van der Waals surface area contributed by atoms with E-state index in [1.54, 1.807) is 0 Å². The van der Waals surface area contributed by atoms with Crippen LogP contribution in [0.25, 0.3) is 0 Å². The minimum absolute atomic E-state index is 0.0852. The first-order valence-electron chi connectivity index (χ1n) is 11.7. The first kappa shape index (κ1) is 32.0. The van der Waals surface area contributed by atoms with Crippen LogP contribution in [0.1, 0.15) is 66.4 Å². The molecule has 0 N–H and O–H groups in total. The van der Waals surface area contributed by atoms with Crippen LogP contribution in [0.15, 0.2) is 36.4 Å². The summed E-state index contributed by atoms with van der Waals surface area (Å²) in [5, 5.41) is -0.649. The fraction of sp³-hybridized carbons (Fsp3) is 0.304. The predicted molar refractivity (Wildman–Crippen MR) is 128 cm³/mol. The molecule has 0 spiro atoms. The Balaban J connectivity index is 1.93. The second-order valence-corrected chi connectivity index (χ2v) is 12.6. The molecular formula is C23H16F6N2O10S2. The van der Waals surface area contributed by atoms with Crippen LogP contribution in [0.4, 0.5) is 26.3 Å². The summed E-state index contributed by atoms with van der Waals surface area (Å²) in [7, 11) is -9.07. The fourth-order valence-corrected chi connectivity index (χ4v) is 5.29. The largest absolute Gasteiger partial charge is 0.411 e. The zero-order valence-electron chi connectivity index (χ0n) is 21.4. The molecule has 0 atom stereocenters. The van der Waals surface area contributed by atoms with Gasteiger partial charge in [0.1, 0.15) is 0 Å². The maximum absolute atomic E-state index is 14.7. The molecule has 232 valence electrons. The molecule has 0 aromatic heterocycles. The summed E-state index contributed by atoms with van der Waals surface area (Å²) in [5.74, 6) is -7.78. The van der Waals surface area contributed by atoms with Crippen LogP contribution in [0.2, 0.25) is 0 Å². The Bertz CT molecular complexity index is 1670. The maximum atomic E-state index is 14.7. The van der Waals surface area contributed by atoms with Crippen LogP contribution in [-0.4, -0.2) is 74.4 Å². The van der Waals surface area contributed by atoms with Gasteiger partial charge in [0.15, 0.2) is 0 Å². The molecule has 2 heterocycles. The molecule has 2 aromatic carbocycles. The van der Waals surface area contributed by atoms with Gasteiger partial charge in [0.25, 0.3) is 43.9 Å². The topological polar surface area (TPSA) is 161 Å². The number of carbonyl (C=O) groups is 4. The molecule has 43 heavy (non-hydrogen) atoms. The van der Waals surface area contributed by atoms with E-state index in [4.69, 9.17) is 0 Å². The number of benzene rings is 2. The number of hydrogen-bond donors (Lipinski definition) is 0. The van der Waals surface area contributed by atoms with E-state index in [9.17, 15) is 62.4 Å². The normalized spacial score (nSPS) is 16.3. The monoisotopic (exact) mass is 658 g/mol. The highest BCUT2D eigenvalue weighted by Gasteiger charge is 2.73. The lowest BCUT2D eigenvalue weighted by atomic mass is 9.71. The van der Waals surface area contributed by atoms with Gasteiger partial charge in [-0.05, 0) is 49.2 Å². The third kappa shape index (κ3) is 4.96. The Morgan fingerprint density at radius 1 is 0.581 bits per heavy atom. The van der Waals surface area contributed by atoms with E-state index in [1.165, 1.54) is 0 Å². The molecule has 4 amide bonds. The molecule has 12 nitrogen and oxygen atoms in total. The number of rotatable bonds is 8. The Hall–Kier alpha value is -3.88. The molecule has 2 aromatic rings. The standard InChI is InChI=1S/C23H16F6N2O10S2/c1-3-42(36,37)40-30-17(32)13-7-5-11(9-15(13)19(30)34)21(22(24,25)26,23(27,28)29)12-6-8-14-16(10-12)20(35)31(18(14)33)41-43(38,39)4-2/h5-10H,3-4H2,1-2H3. The molecule has 4 rings (SSSR count). The van der Waals surface area contributed by atoms with Crippen LogP contribution in [0.3, 0.4) is 0 Å². The second kappa shape index (κ2) is 10.1. The molecule has 0 radical (unpaired) electrons. The lowest BCUT2D eigenvalue weighted by Gasteiger charge is -2.38. The predicted octanol–water partition coefficient (Wildman–Crippen LogP) is 2.85. The number of imide groups is 2. The van der Waals surface area contributed by atoms with Crippen molar-refractivity contribution in [1.29, 1.82) is 0 Å². The second-order valence-electron chi connectivity index (χ2n) is 8.92. The Kier molecular flexibility index (Phi) is 7.53. The number of fused-ring (bicyclic) bond motifs is 2. The highest BCUT2D eigenvalue weighted by atomic mass is 32.2. The van der Waals surface area contributed by atoms with E-state index in [-0.39, 0.29) is 34.4 Å². The minimum atomic E-state index is -6.27. The maximum Gasteiger partial charge on any atom is 0.411 e. The number of carbonyl (C=O) groups excluding carboxylic acids is 4. The first-order valence-corrected chi connectivity index (χ1v) is 14.8. The van der Waals surface area contributed by atoms with Gasteiger partial charge in [-0.1, -0.05) is 12.1 Å². The molecule has 0 bridgehead atoms. The fourth-order valence-electron chi connectivity index (χ4n) is 4.35. The third-order valence-corrected chi connectivity index (χ3v) is 8.66. The number of hydroxylamine groups is 4. The average molecular weight is 659 g/mol. The third-order valence-electron chi connectivity index (χ3n) is 6.50. The molecule has 2 aliphatic rings. The average Bonchev–Trinajstić information content (AvgIpc) is 3.27. The quantitative estimate of drug-likeness (QED) is 0.305. The van der Waals surface area contributed by atoms with Gasteiger partial charge in [-0.15, -0.1) is 18.7 Å². The van der Waals surface area contributed by atoms with Gasteiger partial charge in [-0.25, -0.2) is 0 Å². The van der Waals surface area contributed by atoms with Crippen molar-refractivity contribution in [3.63, 3.8) is 0 Å². The number of alkyl halides is 6.